The van der Waals surface area contributed by atoms with Crippen LogP contribution in [0.25, 0.3) is 22.0 Å². The second-order valence-corrected chi connectivity index (χ2v) is 9.56. The number of fused-ring (bicyclic) bond motifs is 1. The van der Waals surface area contributed by atoms with Gasteiger partial charge in [0.1, 0.15) is 5.82 Å². The van der Waals surface area contributed by atoms with Crippen LogP contribution >= 0.6 is 22.6 Å². The molecule has 0 aliphatic heterocycles. The first-order valence-corrected chi connectivity index (χ1v) is 12.5. The van der Waals surface area contributed by atoms with E-state index in [1.165, 1.54) is 0 Å². The minimum Gasteiger partial charge on any atom is -0.307 e. The molecule has 0 unspecified atom stereocenters. The van der Waals surface area contributed by atoms with Crippen molar-refractivity contribution in [3.8, 4) is 11.3 Å². The average Bonchev–Trinajstić information content (AvgIpc) is 2.88. The number of hydrogen-bond acceptors (Lipinski definition) is 2. The van der Waals surface area contributed by atoms with Crippen molar-refractivity contribution in [2.45, 2.75) is 13.8 Å². The average molecular weight is 569 g/mol. The molecule has 5 aromatic rings. The molecule has 172 valence electrons. The summed E-state index contributed by atoms with van der Waals surface area (Å²) in [4.78, 5) is 20.6. The Morgan fingerprint density at radius 1 is 0.743 bits per heavy atom. The second-order valence-electron chi connectivity index (χ2n) is 8.48. The molecule has 1 heterocycles. The number of hydrogen-bond donors (Lipinski definition) is 1. The molecule has 5 rings (SSSR count). The summed E-state index contributed by atoms with van der Waals surface area (Å²) < 4.78 is 1.05. The van der Waals surface area contributed by atoms with Crippen LogP contribution in [0, 0.1) is 17.4 Å². The van der Waals surface area contributed by atoms with E-state index in [0.717, 1.165) is 48.1 Å². The first kappa shape index (κ1) is 23.1. The van der Waals surface area contributed by atoms with E-state index in [1.807, 2.05) is 111 Å². The maximum absolute atomic E-state index is 13.8. The van der Waals surface area contributed by atoms with Crippen molar-refractivity contribution in [2.75, 3.05) is 10.2 Å². The molecule has 0 aliphatic carbocycles. The summed E-state index contributed by atoms with van der Waals surface area (Å²) in [5.74, 6) is 0.591. The summed E-state index contributed by atoms with van der Waals surface area (Å²) in [6, 6.07) is 33.7. The van der Waals surface area contributed by atoms with E-state index in [0.29, 0.717) is 5.82 Å². The van der Waals surface area contributed by atoms with E-state index < -0.39 is 0 Å². The van der Waals surface area contributed by atoms with E-state index >= 15 is 0 Å². The van der Waals surface area contributed by atoms with Gasteiger partial charge < -0.3 is 5.32 Å². The standard InChI is InChI=1S/C30H24IN3O/c1-20-12-16-23(17-13-20)32-30(35)34(24-18-14-21(2)15-19-24)29-26-11-7-6-10-25(26)27(31)28(33-29)22-8-4-3-5-9-22/h3-19H,1-2H3,(H,32,35). The van der Waals surface area contributed by atoms with E-state index in [2.05, 4.69) is 34.0 Å². The lowest BCUT2D eigenvalue weighted by molar-refractivity contribution is 0.259. The van der Waals surface area contributed by atoms with Crippen molar-refractivity contribution in [1.29, 1.82) is 0 Å². The van der Waals surface area contributed by atoms with Crippen molar-refractivity contribution in [3.63, 3.8) is 0 Å². The third kappa shape index (κ3) is 4.77. The zero-order chi connectivity index (χ0) is 24.4. The molecule has 4 nitrogen and oxygen atoms in total. The highest BCUT2D eigenvalue weighted by Gasteiger charge is 2.24. The van der Waals surface area contributed by atoms with Gasteiger partial charge in [0.15, 0.2) is 0 Å². The molecule has 0 fully saturated rings. The third-order valence-corrected chi connectivity index (χ3v) is 6.98. The number of nitrogens with zero attached hydrogens (tertiary/aromatic N) is 2. The summed E-state index contributed by atoms with van der Waals surface area (Å²) in [7, 11) is 0. The van der Waals surface area contributed by atoms with Gasteiger partial charge in [0, 0.05) is 25.6 Å². The lowest BCUT2D eigenvalue weighted by atomic mass is 10.1. The molecular weight excluding hydrogens is 545 g/mol. The molecule has 0 spiro atoms. The van der Waals surface area contributed by atoms with Crippen molar-refractivity contribution >= 4 is 56.6 Å². The monoisotopic (exact) mass is 569 g/mol. The van der Waals surface area contributed by atoms with Gasteiger partial charge in [-0.25, -0.2) is 14.7 Å². The topological polar surface area (TPSA) is 45.2 Å². The molecule has 0 radical (unpaired) electrons. The van der Waals surface area contributed by atoms with Crippen LogP contribution in [0.15, 0.2) is 103 Å². The van der Waals surface area contributed by atoms with Crippen molar-refractivity contribution in [1.82, 2.24) is 4.98 Å². The predicted octanol–water partition coefficient (Wildman–Crippen LogP) is 8.49. The Balaban J connectivity index is 1.72. The van der Waals surface area contributed by atoms with Crippen LogP contribution in [0.1, 0.15) is 11.1 Å². The second kappa shape index (κ2) is 9.88. The van der Waals surface area contributed by atoms with Crippen LogP contribution in [-0.4, -0.2) is 11.0 Å². The van der Waals surface area contributed by atoms with Crippen molar-refractivity contribution in [2.24, 2.45) is 0 Å². The molecule has 0 aliphatic rings. The molecule has 4 aromatic carbocycles. The number of benzene rings is 4. The largest absolute Gasteiger partial charge is 0.332 e. The van der Waals surface area contributed by atoms with Gasteiger partial charge in [-0.1, -0.05) is 90.0 Å². The summed E-state index contributed by atoms with van der Waals surface area (Å²) in [5.41, 5.74) is 5.59. The minimum atomic E-state index is -0.268. The Labute approximate surface area is 218 Å². The summed E-state index contributed by atoms with van der Waals surface area (Å²) in [6.45, 7) is 4.06. The summed E-state index contributed by atoms with van der Waals surface area (Å²) in [5, 5.41) is 5.03. The van der Waals surface area contributed by atoms with E-state index in [-0.39, 0.29) is 6.03 Å². The zero-order valence-corrected chi connectivity index (χ0v) is 21.7. The van der Waals surface area contributed by atoms with Gasteiger partial charge in [-0.05, 0) is 60.7 Å². The third-order valence-electron chi connectivity index (χ3n) is 5.89. The fraction of sp³-hybridized carbons (Fsp3) is 0.0667. The number of pyridine rings is 1. The lowest BCUT2D eigenvalue weighted by Gasteiger charge is -2.25. The molecule has 2 amide bonds. The minimum absolute atomic E-state index is 0.268. The van der Waals surface area contributed by atoms with Crippen LogP contribution in [0.3, 0.4) is 0 Å². The number of carbonyl (C=O) groups excluding carboxylic acids is 1. The number of nitrogens with one attached hydrogen (secondary N) is 1. The number of urea groups is 1. The van der Waals surface area contributed by atoms with Gasteiger partial charge in [0.25, 0.3) is 0 Å². The van der Waals surface area contributed by atoms with Gasteiger partial charge in [0.05, 0.1) is 11.4 Å². The summed E-state index contributed by atoms with van der Waals surface area (Å²) >= 11 is 2.36. The normalized spacial score (nSPS) is 10.8. The Morgan fingerprint density at radius 2 is 1.31 bits per heavy atom. The van der Waals surface area contributed by atoms with Crippen LogP contribution in [0.5, 0.6) is 0 Å². The van der Waals surface area contributed by atoms with Gasteiger partial charge in [-0.2, -0.15) is 0 Å². The van der Waals surface area contributed by atoms with Gasteiger partial charge in [-0.15, -0.1) is 0 Å². The van der Waals surface area contributed by atoms with E-state index in [1.54, 1.807) is 4.90 Å². The number of halogens is 1. The lowest BCUT2D eigenvalue weighted by Crippen LogP contribution is -2.32. The highest BCUT2D eigenvalue weighted by atomic mass is 127. The Bertz CT molecular complexity index is 1500. The molecular formula is C30H24IN3O. The van der Waals surface area contributed by atoms with E-state index in [4.69, 9.17) is 4.98 Å². The molecule has 0 saturated heterocycles. The molecule has 35 heavy (non-hydrogen) atoms. The zero-order valence-electron chi connectivity index (χ0n) is 19.5. The van der Waals surface area contributed by atoms with Gasteiger partial charge >= 0.3 is 6.03 Å². The Morgan fingerprint density at radius 3 is 1.97 bits per heavy atom. The molecule has 1 aromatic heterocycles. The molecule has 0 atom stereocenters. The van der Waals surface area contributed by atoms with E-state index in [9.17, 15) is 4.79 Å². The Kier molecular flexibility index (Phi) is 6.51. The number of rotatable bonds is 4. The fourth-order valence-corrected chi connectivity index (χ4v) is 4.92. The highest BCUT2D eigenvalue weighted by Crippen LogP contribution is 2.38. The highest BCUT2D eigenvalue weighted by molar-refractivity contribution is 14.1. The first-order valence-electron chi connectivity index (χ1n) is 11.4. The van der Waals surface area contributed by atoms with Crippen molar-refractivity contribution < 1.29 is 4.79 Å². The van der Waals surface area contributed by atoms with Crippen molar-refractivity contribution in [3.05, 3.63) is 118 Å². The first-order chi connectivity index (χ1) is 17.0. The molecule has 0 bridgehead atoms. The van der Waals surface area contributed by atoms with Gasteiger partial charge in [0.2, 0.25) is 0 Å². The number of carbonyl (C=O) groups is 1. The predicted molar refractivity (Wildman–Crippen MR) is 153 cm³/mol. The van der Waals surface area contributed by atoms with Crippen LogP contribution in [-0.2, 0) is 0 Å². The smallest absolute Gasteiger partial charge is 0.307 e. The SMILES string of the molecule is Cc1ccc(NC(=O)N(c2ccc(C)cc2)c2nc(-c3ccccc3)c(I)c3ccccc23)cc1. The van der Waals surface area contributed by atoms with Crippen LogP contribution in [0.2, 0.25) is 0 Å². The maximum Gasteiger partial charge on any atom is 0.332 e. The Hall–Kier alpha value is -3.71. The molecule has 5 heteroatoms. The number of anilines is 3. The van der Waals surface area contributed by atoms with Crippen LogP contribution in [0.4, 0.5) is 22.0 Å². The number of aryl methyl sites for hydroxylation is 2. The van der Waals surface area contributed by atoms with Gasteiger partial charge in [-0.3, -0.25) is 0 Å². The molecule has 0 saturated carbocycles. The van der Waals surface area contributed by atoms with Crippen LogP contribution < -0.4 is 10.2 Å². The molecule has 1 N–H and O–H groups in total. The maximum atomic E-state index is 13.8. The summed E-state index contributed by atoms with van der Waals surface area (Å²) in [6.07, 6.45) is 0. The number of amides is 2. The fourth-order valence-electron chi connectivity index (χ4n) is 4.02. The quantitative estimate of drug-likeness (QED) is 0.221. The number of aromatic nitrogens is 1.